The van der Waals surface area contributed by atoms with Crippen molar-refractivity contribution < 1.29 is 17.9 Å². The normalized spacial score (nSPS) is 11.2. The second-order valence-corrected chi connectivity index (χ2v) is 3.20. The van der Waals surface area contributed by atoms with E-state index in [9.17, 15) is 13.2 Å². The van der Waals surface area contributed by atoms with Crippen LogP contribution in [0.15, 0.2) is 43.0 Å². The third-order valence-electron chi connectivity index (χ3n) is 1.98. The highest BCUT2D eigenvalue weighted by Crippen LogP contribution is 2.25. The van der Waals surface area contributed by atoms with Crippen LogP contribution in [0.25, 0.3) is 11.1 Å². The Hall–Kier alpha value is -2.11. The topological polar surface area (TPSA) is 35.0 Å². The van der Waals surface area contributed by atoms with E-state index in [-0.39, 0.29) is 5.75 Å². The largest absolute Gasteiger partial charge is 0.573 e. The van der Waals surface area contributed by atoms with Gasteiger partial charge >= 0.3 is 6.36 Å². The summed E-state index contributed by atoms with van der Waals surface area (Å²) in [6.07, 6.45) is -0.138. The first-order valence-corrected chi connectivity index (χ1v) is 4.66. The van der Waals surface area contributed by atoms with E-state index in [1.165, 1.54) is 30.6 Å². The fourth-order valence-electron chi connectivity index (χ4n) is 1.30. The Morgan fingerprint density at radius 2 is 1.47 bits per heavy atom. The quantitative estimate of drug-likeness (QED) is 0.809. The van der Waals surface area contributed by atoms with Gasteiger partial charge in [0.2, 0.25) is 0 Å². The lowest BCUT2D eigenvalue weighted by atomic mass is 10.1. The molecule has 3 nitrogen and oxygen atoms in total. The molecule has 88 valence electrons. The molecule has 0 aliphatic heterocycles. The number of hydrogen-bond donors (Lipinski definition) is 0. The molecular weight excluding hydrogens is 233 g/mol. The first-order valence-electron chi connectivity index (χ1n) is 4.66. The van der Waals surface area contributed by atoms with E-state index in [0.29, 0.717) is 0 Å². The third-order valence-corrected chi connectivity index (χ3v) is 1.98. The van der Waals surface area contributed by atoms with Crippen LogP contribution < -0.4 is 4.74 Å². The van der Waals surface area contributed by atoms with Gasteiger partial charge in [0, 0.05) is 18.0 Å². The average molecular weight is 240 g/mol. The molecule has 1 aromatic heterocycles. The molecule has 0 amide bonds. The SMILES string of the molecule is FC(F)(F)Oc1ccc(-c2cncnc2)cc1. The van der Waals surface area contributed by atoms with Crippen molar-refractivity contribution in [1.29, 1.82) is 0 Å². The summed E-state index contributed by atoms with van der Waals surface area (Å²) in [5, 5.41) is 0. The van der Waals surface area contributed by atoms with Crippen LogP contribution in [0.5, 0.6) is 5.75 Å². The van der Waals surface area contributed by atoms with Crippen molar-refractivity contribution >= 4 is 0 Å². The van der Waals surface area contributed by atoms with E-state index in [1.807, 2.05) is 0 Å². The van der Waals surface area contributed by atoms with Gasteiger partial charge in [-0.15, -0.1) is 13.2 Å². The fraction of sp³-hybridized carbons (Fsp3) is 0.0909. The van der Waals surface area contributed by atoms with Crippen LogP contribution in [0, 0.1) is 0 Å². The van der Waals surface area contributed by atoms with Crippen molar-refractivity contribution in [1.82, 2.24) is 9.97 Å². The molecule has 0 fully saturated rings. The molecule has 17 heavy (non-hydrogen) atoms. The number of rotatable bonds is 2. The molecule has 2 rings (SSSR count). The molecule has 0 aliphatic carbocycles. The number of nitrogens with zero attached hydrogens (tertiary/aromatic N) is 2. The first-order chi connectivity index (χ1) is 8.04. The molecule has 6 heteroatoms. The van der Waals surface area contributed by atoms with Gasteiger partial charge in [-0.3, -0.25) is 0 Å². The molecule has 0 unspecified atom stereocenters. The molecule has 0 bridgehead atoms. The van der Waals surface area contributed by atoms with Crippen molar-refractivity contribution in [3.8, 4) is 16.9 Å². The molecule has 0 N–H and O–H groups in total. The highest BCUT2D eigenvalue weighted by molar-refractivity contribution is 5.62. The Balaban J connectivity index is 2.19. The predicted octanol–water partition coefficient (Wildman–Crippen LogP) is 3.04. The fourth-order valence-corrected chi connectivity index (χ4v) is 1.30. The number of aromatic nitrogens is 2. The number of halogens is 3. The van der Waals surface area contributed by atoms with Crippen LogP contribution in [-0.2, 0) is 0 Å². The highest BCUT2D eigenvalue weighted by Gasteiger charge is 2.30. The van der Waals surface area contributed by atoms with Gasteiger partial charge in [-0.2, -0.15) is 0 Å². The van der Waals surface area contributed by atoms with Gasteiger partial charge < -0.3 is 4.74 Å². The summed E-state index contributed by atoms with van der Waals surface area (Å²) in [5.41, 5.74) is 1.45. The Morgan fingerprint density at radius 1 is 0.882 bits per heavy atom. The second-order valence-electron chi connectivity index (χ2n) is 3.20. The summed E-state index contributed by atoms with van der Waals surface area (Å²) in [4.78, 5) is 7.64. The summed E-state index contributed by atoms with van der Waals surface area (Å²) in [6, 6.07) is 5.52. The maximum absolute atomic E-state index is 11.9. The minimum Gasteiger partial charge on any atom is -0.406 e. The van der Waals surface area contributed by atoms with E-state index in [1.54, 1.807) is 12.4 Å². The lowest BCUT2D eigenvalue weighted by Crippen LogP contribution is -2.16. The van der Waals surface area contributed by atoms with Crippen LogP contribution in [-0.4, -0.2) is 16.3 Å². The standard InChI is InChI=1S/C11H7F3N2O/c12-11(13,14)17-10-3-1-8(2-4-10)9-5-15-7-16-6-9/h1-7H. The zero-order valence-electron chi connectivity index (χ0n) is 8.48. The molecule has 0 radical (unpaired) electrons. The van der Waals surface area contributed by atoms with Crippen LogP contribution in [0.4, 0.5) is 13.2 Å². The molecule has 0 atom stereocenters. The molecule has 0 aliphatic rings. The second kappa shape index (κ2) is 4.40. The van der Waals surface area contributed by atoms with Crippen LogP contribution in [0.3, 0.4) is 0 Å². The molecule has 1 heterocycles. The van der Waals surface area contributed by atoms with E-state index < -0.39 is 6.36 Å². The van der Waals surface area contributed by atoms with E-state index in [0.717, 1.165) is 11.1 Å². The van der Waals surface area contributed by atoms with Crippen molar-refractivity contribution in [3.63, 3.8) is 0 Å². The van der Waals surface area contributed by atoms with Gasteiger partial charge in [0.1, 0.15) is 12.1 Å². The van der Waals surface area contributed by atoms with Gasteiger partial charge in [0.15, 0.2) is 0 Å². The Labute approximate surface area is 94.9 Å². The van der Waals surface area contributed by atoms with Gasteiger partial charge in [-0.25, -0.2) is 9.97 Å². The van der Waals surface area contributed by atoms with Gasteiger partial charge in [0.25, 0.3) is 0 Å². The summed E-state index contributed by atoms with van der Waals surface area (Å²) in [6.45, 7) is 0. The Bertz CT molecular complexity index is 482. The Morgan fingerprint density at radius 3 is 2.00 bits per heavy atom. The lowest BCUT2D eigenvalue weighted by Gasteiger charge is -2.09. The van der Waals surface area contributed by atoms with E-state index in [2.05, 4.69) is 14.7 Å². The molecule has 0 spiro atoms. The molecule has 0 saturated carbocycles. The molecule has 1 aromatic carbocycles. The van der Waals surface area contributed by atoms with Crippen LogP contribution in [0.1, 0.15) is 0 Å². The van der Waals surface area contributed by atoms with Gasteiger partial charge in [0.05, 0.1) is 0 Å². The summed E-state index contributed by atoms with van der Waals surface area (Å²) < 4.78 is 39.5. The predicted molar refractivity (Wildman–Crippen MR) is 54.2 cm³/mol. The number of hydrogen-bond acceptors (Lipinski definition) is 3. The zero-order valence-corrected chi connectivity index (χ0v) is 8.48. The smallest absolute Gasteiger partial charge is 0.406 e. The minimum atomic E-state index is -4.67. The lowest BCUT2D eigenvalue weighted by molar-refractivity contribution is -0.274. The number of ether oxygens (including phenoxy) is 1. The molecule has 2 aromatic rings. The van der Waals surface area contributed by atoms with Crippen LogP contribution in [0.2, 0.25) is 0 Å². The summed E-state index contributed by atoms with van der Waals surface area (Å²) in [5.74, 6) is -0.252. The molecule has 0 saturated heterocycles. The third kappa shape index (κ3) is 3.17. The summed E-state index contributed by atoms with van der Waals surface area (Å²) in [7, 11) is 0. The van der Waals surface area contributed by atoms with Gasteiger partial charge in [-0.05, 0) is 17.7 Å². The van der Waals surface area contributed by atoms with Crippen LogP contribution >= 0.6 is 0 Å². The first kappa shape index (κ1) is 11.4. The van der Waals surface area contributed by atoms with E-state index in [4.69, 9.17) is 0 Å². The van der Waals surface area contributed by atoms with E-state index >= 15 is 0 Å². The van der Waals surface area contributed by atoms with Crippen molar-refractivity contribution in [2.24, 2.45) is 0 Å². The van der Waals surface area contributed by atoms with Crippen molar-refractivity contribution in [2.75, 3.05) is 0 Å². The Kier molecular flexibility index (Phi) is 2.95. The van der Waals surface area contributed by atoms with Gasteiger partial charge in [-0.1, -0.05) is 12.1 Å². The molecular formula is C11H7F3N2O. The zero-order chi connectivity index (χ0) is 12.3. The number of alkyl halides is 3. The van der Waals surface area contributed by atoms with Crippen molar-refractivity contribution in [3.05, 3.63) is 43.0 Å². The average Bonchev–Trinajstić information content (AvgIpc) is 2.29. The number of benzene rings is 1. The highest BCUT2D eigenvalue weighted by atomic mass is 19.4. The summed E-state index contributed by atoms with van der Waals surface area (Å²) >= 11 is 0. The monoisotopic (exact) mass is 240 g/mol. The maximum Gasteiger partial charge on any atom is 0.573 e. The van der Waals surface area contributed by atoms with Crippen molar-refractivity contribution in [2.45, 2.75) is 6.36 Å². The minimum absolute atomic E-state index is 0.252. The maximum atomic E-state index is 11.9.